The van der Waals surface area contributed by atoms with Crippen LogP contribution in [0.2, 0.25) is 0 Å². The number of hydrogen-bond acceptors (Lipinski definition) is 5. The molecule has 0 saturated heterocycles. The Morgan fingerprint density at radius 3 is 2.30 bits per heavy atom. The summed E-state index contributed by atoms with van der Waals surface area (Å²) in [5.74, 6) is 0.330. The zero-order chi connectivity index (χ0) is 16.6. The van der Waals surface area contributed by atoms with Crippen molar-refractivity contribution in [2.45, 2.75) is 23.3 Å². The molecule has 1 aliphatic carbocycles. The van der Waals surface area contributed by atoms with E-state index in [0.717, 1.165) is 18.1 Å². The summed E-state index contributed by atoms with van der Waals surface area (Å²) in [7, 11) is -4.03. The highest BCUT2D eigenvalue weighted by Crippen LogP contribution is 2.39. The fourth-order valence-corrected chi connectivity index (χ4v) is 3.67. The van der Waals surface area contributed by atoms with E-state index in [1.165, 1.54) is 18.2 Å². The number of nitro benzene ring substituents is 1. The lowest BCUT2D eigenvalue weighted by Gasteiger charge is -2.09. The largest absolute Gasteiger partial charge is 0.327 e. The molecule has 1 fully saturated rings. The van der Waals surface area contributed by atoms with Gasteiger partial charge in [0.05, 0.1) is 4.92 Å². The number of anilines is 1. The van der Waals surface area contributed by atoms with E-state index in [1.807, 2.05) is 12.1 Å². The molecule has 8 heteroatoms. The maximum absolute atomic E-state index is 12.4. The quantitative estimate of drug-likeness (QED) is 0.643. The molecule has 7 nitrogen and oxygen atoms in total. The van der Waals surface area contributed by atoms with Crippen molar-refractivity contribution >= 4 is 21.4 Å². The summed E-state index contributed by atoms with van der Waals surface area (Å²) in [6.07, 6.45) is 0.932. The van der Waals surface area contributed by atoms with Gasteiger partial charge in [-0.1, -0.05) is 24.3 Å². The van der Waals surface area contributed by atoms with Crippen LogP contribution in [0.15, 0.2) is 53.4 Å². The molecule has 0 aliphatic heterocycles. The van der Waals surface area contributed by atoms with Crippen LogP contribution >= 0.6 is 0 Å². The monoisotopic (exact) mass is 333 g/mol. The summed E-state index contributed by atoms with van der Waals surface area (Å²) < 4.78 is 27.1. The lowest BCUT2D eigenvalue weighted by atomic mass is 10.1. The van der Waals surface area contributed by atoms with Gasteiger partial charge in [0.1, 0.15) is 0 Å². The van der Waals surface area contributed by atoms with Crippen LogP contribution in [-0.2, 0) is 10.0 Å². The van der Waals surface area contributed by atoms with Gasteiger partial charge in [-0.3, -0.25) is 14.8 Å². The van der Waals surface area contributed by atoms with Crippen molar-refractivity contribution in [1.82, 2.24) is 0 Å². The first-order valence-corrected chi connectivity index (χ1v) is 8.48. The third-order valence-electron chi connectivity index (χ3n) is 3.78. The number of nitrogens with zero attached hydrogens (tertiary/aromatic N) is 1. The Bertz CT molecular complexity index is 849. The van der Waals surface area contributed by atoms with Gasteiger partial charge >= 0.3 is 0 Å². The molecule has 1 aliphatic rings. The van der Waals surface area contributed by atoms with E-state index >= 15 is 0 Å². The number of nitrogens with two attached hydrogens (primary N) is 1. The number of nitro groups is 1. The SMILES string of the molecule is N[C@@H]1C[C@H]1c1ccc(NS(=O)(=O)c2ccccc2[N+](=O)[O-])cc1. The molecule has 0 unspecified atom stereocenters. The van der Waals surface area contributed by atoms with Gasteiger partial charge in [-0.25, -0.2) is 8.42 Å². The van der Waals surface area contributed by atoms with Crippen molar-refractivity contribution in [2.75, 3.05) is 4.72 Å². The van der Waals surface area contributed by atoms with E-state index in [2.05, 4.69) is 4.72 Å². The molecule has 3 rings (SSSR count). The Hall–Kier alpha value is -2.45. The minimum absolute atomic E-state index is 0.171. The molecule has 0 radical (unpaired) electrons. The second kappa shape index (κ2) is 5.64. The predicted molar refractivity (Wildman–Crippen MR) is 85.7 cm³/mol. The summed E-state index contributed by atoms with van der Waals surface area (Å²) in [4.78, 5) is 9.90. The average molecular weight is 333 g/mol. The summed E-state index contributed by atoms with van der Waals surface area (Å²) >= 11 is 0. The summed E-state index contributed by atoms with van der Waals surface area (Å²) in [5, 5.41) is 11.0. The number of sulfonamides is 1. The highest BCUT2D eigenvalue weighted by Gasteiger charge is 2.34. The standard InChI is InChI=1S/C15H15N3O4S/c16-13-9-12(13)10-5-7-11(8-6-10)17-23(21,22)15-4-2-1-3-14(15)18(19)20/h1-8,12-13,17H,9,16H2/t12-,13+/m0/s1. The summed E-state index contributed by atoms with van der Waals surface area (Å²) in [5.41, 5.74) is 6.74. The number of benzene rings is 2. The Balaban J connectivity index is 1.85. The van der Waals surface area contributed by atoms with Gasteiger partial charge in [0.15, 0.2) is 4.90 Å². The first-order valence-electron chi connectivity index (χ1n) is 7.00. The van der Waals surface area contributed by atoms with E-state index in [0.29, 0.717) is 11.6 Å². The maximum atomic E-state index is 12.4. The first kappa shape index (κ1) is 15.4. The normalized spacial score (nSPS) is 20.0. The second-order valence-corrected chi connectivity index (χ2v) is 7.11. The summed E-state index contributed by atoms with van der Waals surface area (Å²) in [6, 6.07) is 12.3. The smallest absolute Gasteiger partial charge is 0.289 e. The maximum Gasteiger partial charge on any atom is 0.289 e. The van der Waals surface area contributed by atoms with Gasteiger partial charge < -0.3 is 5.73 Å². The minimum atomic E-state index is -4.03. The topological polar surface area (TPSA) is 115 Å². The van der Waals surface area contributed by atoms with Crippen LogP contribution in [0.3, 0.4) is 0 Å². The molecule has 23 heavy (non-hydrogen) atoms. The average Bonchev–Trinajstić information content (AvgIpc) is 3.24. The molecule has 2 atom stereocenters. The van der Waals surface area contributed by atoms with Crippen LogP contribution in [0.1, 0.15) is 17.9 Å². The summed E-state index contributed by atoms with van der Waals surface area (Å²) in [6.45, 7) is 0. The van der Waals surface area contributed by atoms with E-state index in [1.54, 1.807) is 12.1 Å². The zero-order valence-electron chi connectivity index (χ0n) is 12.0. The lowest BCUT2D eigenvalue weighted by Crippen LogP contribution is -2.14. The molecular formula is C15H15N3O4S. The van der Waals surface area contributed by atoms with Gasteiger partial charge in [0, 0.05) is 23.7 Å². The fourth-order valence-electron chi connectivity index (χ4n) is 2.44. The Labute approximate surface area is 133 Å². The second-order valence-electron chi connectivity index (χ2n) is 5.46. The third-order valence-corrected chi connectivity index (χ3v) is 5.21. The number of hydrogen-bond donors (Lipinski definition) is 2. The van der Waals surface area contributed by atoms with Crippen molar-refractivity contribution in [3.05, 3.63) is 64.2 Å². The molecule has 0 bridgehead atoms. The van der Waals surface area contributed by atoms with E-state index in [4.69, 9.17) is 5.73 Å². The van der Waals surface area contributed by atoms with Crippen LogP contribution in [0, 0.1) is 10.1 Å². The van der Waals surface area contributed by atoms with E-state index in [9.17, 15) is 18.5 Å². The number of para-hydroxylation sites is 1. The molecule has 1 saturated carbocycles. The van der Waals surface area contributed by atoms with Gasteiger partial charge in [-0.2, -0.15) is 0 Å². The first-order chi connectivity index (χ1) is 10.9. The van der Waals surface area contributed by atoms with E-state index in [-0.39, 0.29) is 10.9 Å². The van der Waals surface area contributed by atoms with Crippen molar-refractivity contribution in [3.63, 3.8) is 0 Å². The Morgan fingerprint density at radius 2 is 1.74 bits per heavy atom. The molecule has 0 spiro atoms. The predicted octanol–water partition coefficient (Wildman–Crippen LogP) is 2.21. The molecule has 120 valence electrons. The molecule has 2 aromatic carbocycles. The third kappa shape index (κ3) is 3.17. The molecule has 3 N–H and O–H groups in total. The molecule has 0 amide bonds. The van der Waals surface area contributed by atoms with Gasteiger partial charge in [-0.05, 0) is 30.2 Å². The van der Waals surface area contributed by atoms with Gasteiger partial charge in [-0.15, -0.1) is 0 Å². The minimum Gasteiger partial charge on any atom is -0.327 e. The molecule has 0 heterocycles. The van der Waals surface area contributed by atoms with E-state index < -0.39 is 20.6 Å². The van der Waals surface area contributed by atoms with Crippen LogP contribution in [0.4, 0.5) is 11.4 Å². The lowest BCUT2D eigenvalue weighted by molar-refractivity contribution is -0.387. The van der Waals surface area contributed by atoms with Crippen molar-refractivity contribution < 1.29 is 13.3 Å². The van der Waals surface area contributed by atoms with Crippen LogP contribution in [0.25, 0.3) is 0 Å². The van der Waals surface area contributed by atoms with Gasteiger partial charge in [0.25, 0.3) is 15.7 Å². The molecule has 2 aromatic rings. The van der Waals surface area contributed by atoms with Crippen molar-refractivity contribution in [2.24, 2.45) is 5.73 Å². The zero-order valence-corrected chi connectivity index (χ0v) is 12.9. The Morgan fingerprint density at radius 1 is 1.13 bits per heavy atom. The number of nitrogens with one attached hydrogen (secondary N) is 1. The van der Waals surface area contributed by atoms with Gasteiger partial charge in [0.2, 0.25) is 0 Å². The number of rotatable bonds is 5. The van der Waals surface area contributed by atoms with Crippen molar-refractivity contribution in [1.29, 1.82) is 0 Å². The van der Waals surface area contributed by atoms with Crippen LogP contribution in [-0.4, -0.2) is 19.4 Å². The highest BCUT2D eigenvalue weighted by atomic mass is 32.2. The Kier molecular flexibility index (Phi) is 3.78. The molecule has 0 aromatic heterocycles. The van der Waals surface area contributed by atoms with Crippen LogP contribution in [0.5, 0.6) is 0 Å². The highest BCUT2D eigenvalue weighted by molar-refractivity contribution is 7.92. The van der Waals surface area contributed by atoms with Crippen molar-refractivity contribution in [3.8, 4) is 0 Å². The van der Waals surface area contributed by atoms with Crippen LogP contribution < -0.4 is 10.5 Å². The fraction of sp³-hybridized carbons (Fsp3) is 0.200. The molecular weight excluding hydrogens is 318 g/mol.